The summed E-state index contributed by atoms with van der Waals surface area (Å²) in [4.78, 5) is 30.1. The number of carbonyl (C=O) groups excluding carboxylic acids is 2. The molecule has 0 radical (unpaired) electrons. The van der Waals surface area contributed by atoms with E-state index >= 15 is 0 Å². The molecule has 186 valence electrons. The number of aliphatic hydroxyl groups excluding tert-OH is 1. The minimum Gasteiger partial charge on any atom is -0.507 e. The molecule has 2 aromatic rings. The van der Waals surface area contributed by atoms with Crippen molar-refractivity contribution in [1.29, 1.82) is 0 Å². The third-order valence-corrected chi connectivity index (χ3v) is 6.28. The second-order valence-electron chi connectivity index (χ2n) is 8.73. The Labute approximate surface area is 204 Å². The minimum absolute atomic E-state index is 0.000576. The molecule has 0 bridgehead atoms. The molecule has 4 rings (SSSR count). The number of aliphatic hydroxyl groups is 1. The van der Waals surface area contributed by atoms with Gasteiger partial charge in [0.2, 0.25) is 0 Å². The summed E-state index contributed by atoms with van der Waals surface area (Å²) in [5.41, 5.74) is 0.953. The number of hydrogen-bond donors (Lipinski definition) is 1. The van der Waals surface area contributed by atoms with E-state index < -0.39 is 23.5 Å². The van der Waals surface area contributed by atoms with Crippen LogP contribution in [0.2, 0.25) is 0 Å². The van der Waals surface area contributed by atoms with Gasteiger partial charge in [-0.3, -0.25) is 14.5 Å². The number of benzene rings is 2. The lowest BCUT2D eigenvalue weighted by Crippen LogP contribution is -2.38. The van der Waals surface area contributed by atoms with Crippen LogP contribution >= 0.6 is 0 Å². The molecule has 2 aliphatic heterocycles. The number of carbonyl (C=O) groups is 2. The van der Waals surface area contributed by atoms with E-state index in [-0.39, 0.29) is 16.9 Å². The molecule has 35 heavy (non-hydrogen) atoms. The van der Waals surface area contributed by atoms with Gasteiger partial charge in [0.15, 0.2) is 0 Å². The molecule has 2 aliphatic rings. The third-order valence-electron chi connectivity index (χ3n) is 6.28. The highest BCUT2D eigenvalue weighted by Crippen LogP contribution is 2.40. The fourth-order valence-corrected chi connectivity index (χ4v) is 4.50. The highest BCUT2D eigenvalue weighted by molar-refractivity contribution is 6.46. The zero-order valence-corrected chi connectivity index (χ0v) is 19.9. The Morgan fingerprint density at radius 1 is 1.11 bits per heavy atom. The van der Waals surface area contributed by atoms with E-state index in [2.05, 4.69) is 4.90 Å². The quantitative estimate of drug-likeness (QED) is 0.333. The molecule has 2 saturated heterocycles. The van der Waals surface area contributed by atoms with E-state index in [1.54, 1.807) is 6.07 Å². The lowest BCUT2D eigenvalue weighted by Gasteiger charge is -2.29. The summed E-state index contributed by atoms with van der Waals surface area (Å²) < 4.78 is 24.6. The first-order valence-electron chi connectivity index (χ1n) is 12.1. The Bertz CT molecular complexity index is 1080. The number of rotatable bonds is 9. The predicted molar refractivity (Wildman–Crippen MR) is 130 cm³/mol. The van der Waals surface area contributed by atoms with Gasteiger partial charge in [-0.25, -0.2) is 4.39 Å². The Morgan fingerprint density at radius 3 is 2.57 bits per heavy atom. The highest BCUT2D eigenvalue weighted by Gasteiger charge is 2.46. The number of amides is 1. The standard InChI is InChI=1S/C27H31FN2O5/c1-2-15-35-22-6-3-5-20(18-22)24-23(25(31)19-7-9-21(28)10-8-19)26(32)27(33)30(24)12-4-11-29-13-16-34-17-14-29/h3,5-10,18,24,31H,2,4,11-17H2,1H3/t24-/m1/s1. The summed E-state index contributed by atoms with van der Waals surface area (Å²) in [5.74, 6) is -1.54. The fraction of sp³-hybridized carbons (Fsp3) is 0.407. The summed E-state index contributed by atoms with van der Waals surface area (Å²) in [7, 11) is 0. The van der Waals surface area contributed by atoms with Crippen molar-refractivity contribution in [2.24, 2.45) is 0 Å². The normalized spacial score (nSPS) is 20.4. The van der Waals surface area contributed by atoms with Gasteiger partial charge in [0.25, 0.3) is 11.7 Å². The monoisotopic (exact) mass is 482 g/mol. The molecule has 0 spiro atoms. The highest BCUT2D eigenvalue weighted by atomic mass is 19.1. The van der Waals surface area contributed by atoms with Crippen molar-refractivity contribution in [2.45, 2.75) is 25.8 Å². The van der Waals surface area contributed by atoms with Gasteiger partial charge in [0.05, 0.1) is 31.4 Å². The zero-order chi connectivity index (χ0) is 24.8. The summed E-state index contributed by atoms with van der Waals surface area (Å²) in [5, 5.41) is 11.1. The van der Waals surface area contributed by atoms with Crippen molar-refractivity contribution in [3.63, 3.8) is 0 Å². The number of hydrogen-bond acceptors (Lipinski definition) is 6. The maximum atomic E-state index is 13.5. The van der Waals surface area contributed by atoms with Crippen LogP contribution in [0, 0.1) is 5.82 Å². The van der Waals surface area contributed by atoms with Crippen molar-refractivity contribution >= 4 is 17.4 Å². The lowest BCUT2D eigenvalue weighted by molar-refractivity contribution is -0.140. The van der Waals surface area contributed by atoms with Gasteiger partial charge in [-0.2, -0.15) is 0 Å². The first-order valence-corrected chi connectivity index (χ1v) is 12.1. The maximum Gasteiger partial charge on any atom is 0.295 e. The summed E-state index contributed by atoms with van der Waals surface area (Å²) in [6.45, 7) is 6.73. The predicted octanol–water partition coefficient (Wildman–Crippen LogP) is 3.76. The lowest BCUT2D eigenvalue weighted by atomic mass is 9.95. The maximum absolute atomic E-state index is 13.5. The van der Waals surface area contributed by atoms with Crippen LogP contribution < -0.4 is 4.74 Å². The SMILES string of the molecule is CCCOc1cccc([C@@H]2C(=C(O)c3ccc(F)cc3)C(=O)C(=O)N2CCCN2CCOCC2)c1. The van der Waals surface area contributed by atoms with Gasteiger partial charge in [-0.1, -0.05) is 19.1 Å². The van der Waals surface area contributed by atoms with Crippen molar-refractivity contribution < 1.29 is 28.6 Å². The molecule has 2 fully saturated rings. The van der Waals surface area contributed by atoms with Crippen LogP contribution in [-0.4, -0.2) is 72.6 Å². The Morgan fingerprint density at radius 2 is 1.86 bits per heavy atom. The van der Waals surface area contributed by atoms with Gasteiger partial charge in [0.1, 0.15) is 17.3 Å². The van der Waals surface area contributed by atoms with Crippen LogP contribution in [0.15, 0.2) is 54.1 Å². The van der Waals surface area contributed by atoms with Gasteiger partial charge in [-0.15, -0.1) is 0 Å². The van der Waals surface area contributed by atoms with Crippen LogP contribution in [0.4, 0.5) is 4.39 Å². The molecule has 0 aliphatic carbocycles. The van der Waals surface area contributed by atoms with E-state index in [0.717, 1.165) is 26.1 Å². The number of Topliss-reactive ketones (excluding diaryl/α,β-unsaturated/α-hetero) is 1. The number of halogens is 1. The van der Waals surface area contributed by atoms with Crippen LogP contribution in [0.1, 0.15) is 36.9 Å². The second-order valence-corrected chi connectivity index (χ2v) is 8.73. The van der Waals surface area contributed by atoms with Crippen molar-refractivity contribution in [3.8, 4) is 5.75 Å². The molecular formula is C27H31FN2O5. The average molecular weight is 483 g/mol. The molecule has 2 aromatic carbocycles. The zero-order valence-electron chi connectivity index (χ0n) is 19.9. The molecule has 0 saturated carbocycles. The molecule has 0 unspecified atom stereocenters. The molecular weight excluding hydrogens is 451 g/mol. The summed E-state index contributed by atoms with van der Waals surface area (Å²) in [6, 6.07) is 11.7. The Hall–Kier alpha value is -3.23. The van der Waals surface area contributed by atoms with Gasteiger partial charge >= 0.3 is 0 Å². The Balaban J connectivity index is 1.67. The molecule has 1 N–H and O–H groups in total. The first-order chi connectivity index (χ1) is 17.0. The van der Waals surface area contributed by atoms with Crippen LogP contribution in [0.5, 0.6) is 5.75 Å². The molecule has 8 heteroatoms. The van der Waals surface area contributed by atoms with Crippen molar-refractivity contribution in [2.75, 3.05) is 46.0 Å². The largest absolute Gasteiger partial charge is 0.507 e. The molecule has 1 amide bonds. The van der Waals surface area contributed by atoms with Gasteiger partial charge in [-0.05, 0) is 54.8 Å². The van der Waals surface area contributed by atoms with Crippen LogP contribution in [0.3, 0.4) is 0 Å². The van der Waals surface area contributed by atoms with Crippen molar-refractivity contribution in [1.82, 2.24) is 9.80 Å². The first kappa shape index (κ1) is 24.9. The smallest absolute Gasteiger partial charge is 0.295 e. The van der Waals surface area contributed by atoms with E-state index in [0.29, 0.717) is 44.1 Å². The van der Waals surface area contributed by atoms with Gasteiger partial charge in [0, 0.05) is 31.7 Å². The second kappa shape index (κ2) is 11.5. The van der Waals surface area contributed by atoms with Crippen LogP contribution in [-0.2, 0) is 14.3 Å². The topological polar surface area (TPSA) is 79.3 Å². The van der Waals surface area contributed by atoms with E-state index in [1.807, 2.05) is 25.1 Å². The summed E-state index contributed by atoms with van der Waals surface area (Å²) in [6.07, 6.45) is 1.51. The number of likely N-dealkylation sites (tertiary alicyclic amines) is 1. The minimum atomic E-state index is -0.769. The van der Waals surface area contributed by atoms with E-state index in [9.17, 15) is 19.1 Å². The molecule has 0 aromatic heterocycles. The van der Waals surface area contributed by atoms with E-state index in [4.69, 9.17) is 9.47 Å². The van der Waals surface area contributed by atoms with E-state index in [1.165, 1.54) is 29.2 Å². The molecule has 1 atom stereocenters. The van der Waals surface area contributed by atoms with Crippen LogP contribution in [0.25, 0.3) is 5.76 Å². The molecule has 2 heterocycles. The number of ketones is 1. The Kier molecular flexibility index (Phi) is 8.15. The van der Waals surface area contributed by atoms with Crippen molar-refractivity contribution in [3.05, 3.63) is 71.0 Å². The number of ether oxygens (including phenoxy) is 2. The van der Waals surface area contributed by atoms with Gasteiger partial charge < -0.3 is 19.5 Å². The third kappa shape index (κ3) is 5.71. The fourth-order valence-electron chi connectivity index (χ4n) is 4.50. The average Bonchev–Trinajstić information content (AvgIpc) is 3.13. The number of morpholine rings is 1. The molecule has 7 nitrogen and oxygen atoms in total. The number of nitrogens with zero attached hydrogens (tertiary/aromatic N) is 2. The summed E-state index contributed by atoms with van der Waals surface area (Å²) >= 11 is 0.